The molecule has 3 rings (SSSR count). The lowest BCUT2D eigenvalue weighted by Crippen LogP contribution is -2.50. The van der Waals surface area contributed by atoms with Gasteiger partial charge in [-0.3, -0.25) is 4.90 Å². The first-order valence-electron chi connectivity index (χ1n) is 9.05. The highest BCUT2D eigenvalue weighted by atomic mass is 79.9. The van der Waals surface area contributed by atoms with E-state index in [1.54, 1.807) is 18.2 Å². The number of fused-ring (bicyclic) bond motifs is 2. The van der Waals surface area contributed by atoms with Crippen molar-refractivity contribution in [1.29, 1.82) is 0 Å². The van der Waals surface area contributed by atoms with Gasteiger partial charge in [-0.05, 0) is 49.9 Å². The fourth-order valence-electron chi connectivity index (χ4n) is 3.65. The van der Waals surface area contributed by atoms with E-state index in [2.05, 4.69) is 39.4 Å². The molecule has 1 aromatic rings. The van der Waals surface area contributed by atoms with Gasteiger partial charge in [-0.15, -0.1) is 0 Å². The number of hydrogen-bond acceptors (Lipinski definition) is 4. The first-order valence-corrected chi connectivity index (χ1v) is 11.3. The quantitative estimate of drug-likeness (QED) is 0.741. The number of piperidine rings is 1. The third kappa shape index (κ3) is 4.56. The van der Waals surface area contributed by atoms with Gasteiger partial charge in [-0.25, -0.2) is 13.1 Å². The Bertz CT molecular complexity index is 708. The van der Waals surface area contributed by atoms with Crippen LogP contribution in [-0.2, 0) is 10.0 Å². The van der Waals surface area contributed by atoms with Gasteiger partial charge in [0.2, 0.25) is 10.0 Å². The SMILES string of the molecule is CC(C)[C@H]1CN2CCCC[C@H]2CCOc2cc(Br)ccc2S(=O)(=O)N1. The third-order valence-electron chi connectivity index (χ3n) is 5.20. The Hall–Kier alpha value is -0.630. The van der Waals surface area contributed by atoms with Crippen LogP contribution in [0, 0.1) is 5.92 Å². The summed E-state index contributed by atoms with van der Waals surface area (Å²) in [5.74, 6) is 0.645. The second-order valence-electron chi connectivity index (χ2n) is 7.34. The van der Waals surface area contributed by atoms with Gasteiger partial charge in [0.25, 0.3) is 0 Å². The van der Waals surface area contributed by atoms with Crippen LogP contribution in [-0.4, -0.2) is 45.1 Å². The molecule has 1 aromatic carbocycles. The van der Waals surface area contributed by atoms with E-state index in [9.17, 15) is 8.42 Å². The molecular weight excluding hydrogens is 404 g/mol. The summed E-state index contributed by atoms with van der Waals surface area (Å²) < 4.78 is 35.6. The largest absolute Gasteiger partial charge is 0.492 e. The topological polar surface area (TPSA) is 58.6 Å². The summed E-state index contributed by atoms with van der Waals surface area (Å²) in [6.07, 6.45) is 4.51. The van der Waals surface area contributed by atoms with E-state index in [4.69, 9.17) is 4.74 Å². The van der Waals surface area contributed by atoms with Crippen LogP contribution in [0.3, 0.4) is 0 Å². The van der Waals surface area contributed by atoms with Gasteiger partial charge in [0.1, 0.15) is 10.6 Å². The highest BCUT2D eigenvalue weighted by Gasteiger charge is 2.31. The summed E-state index contributed by atoms with van der Waals surface area (Å²) >= 11 is 3.41. The molecule has 25 heavy (non-hydrogen) atoms. The maximum Gasteiger partial charge on any atom is 0.244 e. The minimum Gasteiger partial charge on any atom is -0.492 e. The number of benzene rings is 1. The van der Waals surface area contributed by atoms with Gasteiger partial charge < -0.3 is 4.74 Å². The monoisotopic (exact) mass is 430 g/mol. The molecule has 0 amide bonds. The fourth-order valence-corrected chi connectivity index (χ4v) is 5.49. The van der Waals surface area contributed by atoms with Crippen LogP contribution in [0.4, 0.5) is 0 Å². The van der Waals surface area contributed by atoms with E-state index < -0.39 is 10.0 Å². The van der Waals surface area contributed by atoms with Crippen LogP contribution in [0.25, 0.3) is 0 Å². The van der Waals surface area contributed by atoms with Crippen molar-refractivity contribution in [3.05, 3.63) is 22.7 Å². The Labute approximate surface area is 159 Å². The Kier molecular flexibility index (Phi) is 6.08. The number of halogens is 1. The normalized spacial score (nSPS) is 27.7. The van der Waals surface area contributed by atoms with Crippen molar-refractivity contribution in [3.63, 3.8) is 0 Å². The van der Waals surface area contributed by atoms with E-state index in [-0.39, 0.29) is 16.9 Å². The summed E-state index contributed by atoms with van der Waals surface area (Å²) in [5, 5.41) is 0. The van der Waals surface area contributed by atoms with E-state index in [0.29, 0.717) is 18.4 Å². The number of ether oxygens (including phenoxy) is 1. The highest BCUT2D eigenvalue weighted by molar-refractivity contribution is 9.10. The Morgan fingerprint density at radius 2 is 2.08 bits per heavy atom. The molecule has 7 heteroatoms. The molecule has 0 spiro atoms. The molecule has 0 radical (unpaired) electrons. The lowest BCUT2D eigenvalue weighted by molar-refractivity contribution is 0.108. The predicted molar refractivity (Wildman–Crippen MR) is 102 cm³/mol. The number of hydrogen-bond donors (Lipinski definition) is 1. The van der Waals surface area contributed by atoms with E-state index in [0.717, 1.165) is 30.4 Å². The predicted octanol–water partition coefficient (Wildman–Crippen LogP) is 3.39. The van der Waals surface area contributed by atoms with Crippen LogP contribution in [0.5, 0.6) is 5.75 Å². The molecule has 0 unspecified atom stereocenters. The highest BCUT2D eigenvalue weighted by Crippen LogP contribution is 2.30. The molecule has 1 saturated heterocycles. The van der Waals surface area contributed by atoms with Crippen LogP contribution >= 0.6 is 15.9 Å². The summed E-state index contributed by atoms with van der Waals surface area (Å²) in [4.78, 5) is 2.67. The average Bonchev–Trinajstić information content (AvgIpc) is 2.56. The van der Waals surface area contributed by atoms with Crippen molar-refractivity contribution < 1.29 is 13.2 Å². The average molecular weight is 431 g/mol. The number of nitrogens with one attached hydrogen (secondary N) is 1. The van der Waals surface area contributed by atoms with Gasteiger partial charge in [-0.2, -0.15) is 0 Å². The van der Waals surface area contributed by atoms with Crippen molar-refractivity contribution in [1.82, 2.24) is 9.62 Å². The minimum absolute atomic E-state index is 0.111. The maximum atomic E-state index is 13.0. The lowest BCUT2D eigenvalue weighted by Gasteiger charge is -2.38. The lowest BCUT2D eigenvalue weighted by atomic mass is 9.97. The molecule has 0 aliphatic carbocycles. The Balaban J connectivity index is 1.97. The number of sulfonamides is 1. The molecule has 0 aromatic heterocycles. The number of nitrogens with zero attached hydrogens (tertiary/aromatic N) is 1. The molecule has 5 nitrogen and oxygen atoms in total. The zero-order chi connectivity index (χ0) is 18.0. The summed E-state index contributed by atoms with van der Waals surface area (Å²) in [6.45, 7) is 6.48. The van der Waals surface area contributed by atoms with Gasteiger partial charge in [0.05, 0.1) is 6.61 Å². The molecule has 0 bridgehead atoms. The van der Waals surface area contributed by atoms with Crippen molar-refractivity contribution >= 4 is 26.0 Å². The van der Waals surface area contributed by atoms with E-state index in [1.165, 1.54) is 12.8 Å². The zero-order valence-corrected chi connectivity index (χ0v) is 17.3. The molecule has 2 heterocycles. The van der Waals surface area contributed by atoms with Crippen molar-refractivity contribution in [3.8, 4) is 5.75 Å². The van der Waals surface area contributed by atoms with E-state index >= 15 is 0 Å². The summed E-state index contributed by atoms with van der Waals surface area (Å²) in [6, 6.07) is 5.46. The molecule has 1 fully saturated rings. The molecule has 2 atom stereocenters. The van der Waals surface area contributed by atoms with Gasteiger partial charge >= 0.3 is 0 Å². The molecule has 2 aliphatic heterocycles. The Morgan fingerprint density at radius 3 is 2.84 bits per heavy atom. The van der Waals surface area contributed by atoms with Crippen LogP contribution in [0.15, 0.2) is 27.6 Å². The third-order valence-corrected chi connectivity index (χ3v) is 7.22. The van der Waals surface area contributed by atoms with Crippen LogP contribution in [0.1, 0.15) is 39.5 Å². The van der Waals surface area contributed by atoms with Gasteiger partial charge in [-0.1, -0.05) is 36.2 Å². The molecule has 0 saturated carbocycles. The minimum atomic E-state index is -3.63. The molecule has 1 N–H and O–H groups in total. The van der Waals surface area contributed by atoms with Gasteiger partial charge in [0, 0.05) is 23.1 Å². The Morgan fingerprint density at radius 1 is 1.28 bits per heavy atom. The zero-order valence-electron chi connectivity index (χ0n) is 14.9. The van der Waals surface area contributed by atoms with Gasteiger partial charge in [0.15, 0.2) is 0 Å². The standard InChI is InChI=1S/C18H27BrN2O3S/c1-13(2)16-12-21-9-4-3-5-15(21)8-10-24-17-11-14(19)6-7-18(17)25(22,23)20-16/h6-7,11,13,15-16,20H,3-5,8-10,12H2,1-2H3/t15-,16+/m0/s1. The first-order chi connectivity index (χ1) is 11.9. The summed E-state index contributed by atoms with van der Waals surface area (Å²) in [7, 11) is -3.63. The summed E-state index contributed by atoms with van der Waals surface area (Å²) in [5.41, 5.74) is 0. The second kappa shape index (κ2) is 7.94. The maximum absolute atomic E-state index is 13.0. The van der Waals surface area contributed by atoms with Crippen molar-refractivity contribution in [2.45, 2.75) is 56.5 Å². The molecular formula is C18H27BrN2O3S. The van der Waals surface area contributed by atoms with Crippen molar-refractivity contribution in [2.75, 3.05) is 19.7 Å². The molecule has 140 valence electrons. The van der Waals surface area contributed by atoms with Crippen LogP contribution in [0.2, 0.25) is 0 Å². The fraction of sp³-hybridized carbons (Fsp3) is 0.667. The second-order valence-corrected chi connectivity index (χ2v) is 9.94. The first kappa shape index (κ1) is 19.1. The molecule has 2 aliphatic rings. The van der Waals surface area contributed by atoms with Crippen LogP contribution < -0.4 is 9.46 Å². The van der Waals surface area contributed by atoms with Crippen molar-refractivity contribution in [2.24, 2.45) is 5.92 Å². The number of rotatable bonds is 1. The smallest absolute Gasteiger partial charge is 0.244 e. The van der Waals surface area contributed by atoms with E-state index in [1.807, 2.05) is 0 Å².